The Balaban J connectivity index is 0.00000243. The van der Waals surface area contributed by atoms with Crippen LogP contribution in [0.4, 0.5) is 0 Å². The van der Waals surface area contributed by atoms with Crippen molar-refractivity contribution in [2.45, 2.75) is 26.1 Å². The molecule has 0 bridgehead atoms. The lowest BCUT2D eigenvalue weighted by molar-refractivity contribution is -0.606. The Morgan fingerprint density at radius 2 is 1.92 bits per heavy atom. The van der Waals surface area contributed by atoms with Gasteiger partial charge in [0, 0.05) is 10.6 Å². The predicted molar refractivity (Wildman–Crippen MR) is 106 cm³/mol. The fourth-order valence-electron chi connectivity index (χ4n) is 2.83. The van der Waals surface area contributed by atoms with Crippen LogP contribution in [0.15, 0.2) is 48.5 Å². The highest BCUT2D eigenvalue weighted by molar-refractivity contribution is 6.31. The third-order valence-electron chi connectivity index (χ3n) is 4.21. The van der Waals surface area contributed by atoms with Gasteiger partial charge in [-0.15, -0.1) is 12.4 Å². The maximum absolute atomic E-state index is 13.0. The van der Waals surface area contributed by atoms with Gasteiger partial charge in [-0.25, -0.2) is 4.73 Å². The summed E-state index contributed by atoms with van der Waals surface area (Å²) in [5.41, 5.74) is 2.01. The summed E-state index contributed by atoms with van der Waals surface area (Å²) in [5.74, 6) is 0.337. The largest absolute Gasteiger partial charge is 0.710 e. The highest BCUT2D eigenvalue weighted by Gasteiger charge is 2.22. The quantitative estimate of drug-likeness (QED) is 0.407. The number of fused-ring (bicyclic) bond motifs is 1. The molecule has 26 heavy (non-hydrogen) atoms. The minimum Gasteiger partial charge on any atom is -0.710 e. The molecule has 0 aliphatic rings. The Bertz CT molecular complexity index is 891. The Kier molecular flexibility index (Phi) is 6.78. The lowest BCUT2D eigenvalue weighted by Crippen LogP contribution is -2.41. The van der Waals surface area contributed by atoms with Gasteiger partial charge in [-0.1, -0.05) is 48.9 Å². The second-order valence-corrected chi connectivity index (χ2v) is 6.44. The number of hydrogen-bond donors (Lipinski definition) is 1. The number of benzene rings is 2. The number of aromatic nitrogens is 2. The normalized spacial score (nSPS) is 12.2. The molecule has 1 aromatic heterocycles. The number of aliphatic hydroxyl groups is 1. The summed E-state index contributed by atoms with van der Waals surface area (Å²) >= 11 is 6.13. The number of rotatable bonds is 5. The average Bonchev–Trinajstić information content (AvgIpc) is 2.62. The summed E-state index contributed by atoms with van der Waals surface area (Å²) in [7, 11) is 1.77. The van der Waals surface area contributed by atoms with Crippen LogP contribution in [0.25, 0.3) is 22.2 Å². The van der Waals surface area contributed by atoms with Crippen LogP contribution in [0.5, 0.6) is 0 Å². The first-order chi connectivity index (χ1) is 12.0. The van der Waals surface area contributed by atoms with E-state index in [1.165, 1.54) is 0 Å². The molecule has 138 valence electrons. The van der Waals surface area contributed by atoms with Gasteiger partial charge in [0.1, 0.15) is 18.5 Å². The van der Waals surface area contributed by atoms with Crippen molar-refractivity contribution in [3.8, 4) is 11.3 Å². The molecule has 0 spiro atoms. The molecule has 5 nitrogen and oxygen atoms in total. The molecular formula is C19H21Cl2N3O2. The summed E-state index contributed by atoms with van der Waals surface area (Å²) in [5, 5.41) is 24.3. The van der Waals surface area contributed by atoms with E-state index in [1.54, 1.807) is 24.1 Å². The SMILES string of the molecule is CCC(O)N(C)Cc1nc2ccc(Cl)cc2c(-c2ccccc2)[n+]1[O-].Cl. The molecule has 7 heteroatoms. The van der Waals surface area contributed by atoms with E-state index in [0.29, 0.717) is 33.9 Å². The Hall–Kier alpha value is -1.92. The molecule has 1 N–H and O–H groups in total. The van der Waals surface area contributed by atoms with E-state index in [4.69, 9.17) is 11.6 Å². The van der Waals surface area contributed by atoms with E-state index in [0.717, 1.165) is 10.3 Å². The standard InChI is InChI=1S/C19H20ClN3O2.ClH/c1-3-18(24)22(2)12-17-21-16-10-9-14(20)11-15(16)19(23(17)25)13-7-5-4-6-8-13;/h4-11,18,24H,3,12H2,1-2H3;1H. The molecule has 0 saturated heterocycles. The summed E-state index contributed by atoms with van der Waals surface area (Å²) < 4.78 is 0.840. The highest BCUT2D eigenvalue weighted by Crippen LogP contribution is 2.27. The van der Waals surface area contributed by atoms with Gasteiger partial charge in [0.25, 0.3) is 0 Å². The maximum Gasteiger partial charge on any atom is 0.316 e. The zero-order valence-electron chi connectivity index (χ0n) is 14.6. The summed E-state index contributed by atoms with van der Waals surface area (Å²) in [6.07, 6.45) is -0.0488. The summed E-state index contributed by atoms with van der Waals surface area (Å²) in [4.78, 5) is 6.20. The first kappa shape index (κ1) is 20.4. The first-order valence-electron chi connectivity index (χ1n) is 8.16. The minimum atomic E-state index is -0.622. The molecule has 1 unspecified atom stereocenters. The molecule has 1 atom stereocenters. The molecule has 0 saturated carbocycles. The van der Waals surface area contributed by atoms with Crippen LogP contribution < -0.4 is 4.73 Å². The highest BCUT2D eigenvalue weighted by atomic mass is 35.5. The fourth-order valence-corrected chi connectivity index (χ4v) is 3.00. The Morgan fingerprint density at radius 1 is 1.23 bits per heavy atom. The summed E-state index contributed by atoms with van der Waals surface area (Å²) in [6.45, 7) is 2.13. The zero-order valence-corrected chi connectivity index (χ0v) is 16.2. The van der Waals surface area contributed by atoms with E-state index in [9.17, 15) is 10.3 Å². The van der Waals surface area contributed by atoms with Crippen molar-refractivity contribution in [1.29, 1.82) is 0 Å². The molecule has 0 fully saturated rings. The topological polar surface area (TPSA) is 63.3 Å². The average molecular weight is 394 g/mol. The maximum atomic E-state index is 13.0. The van der Waals surface area contributed by atoms with E-state index in [1.807, 2.05) is 43.3 Å². The van der Waals surface area contributed by atoms with E-state index in [2.05, 4.69) is 4.98 Å². The summed E-state index contributed by atoms with van der Waals surface area (Å²) in [6, 6.07) is 14.8. The minimum absolute atomic E-state index is 0. The lowest BCUT2D eigenvalue weighted by atomic mass is 10.1. The van der Waals surface area contributed by atoms with E-state index >= 15 is 0 Å². The lowest BCUT2D eigenvalue weighted by Gasteiger charge is -2.22. The molecule has 3 rings (SSSR count). The van der Waals surface area contributed by atoms with Crippen LogP contribution >= 0.6 is 24.0 Å². The van der Waals surface area contributed by atoms with Crippen LogP contribution in [0, 0.1) is 5.21 Å². The van der Waals surface area contributed by atoms with Crippen LogP contribution in [-0.4, -0.2) is 28.3 Å². The van der Waals surface area contributed by atoms with Crippen molar-refractivity contribution in [2.75, 3.05) is 7.05 Å². The van der Waals surface area contributed by atoms with Gasteiger partial charge in [-0.2, -0.15) is 0 Å². The van der Waals surface area contributed by atoms with E-state index in [-0.39, 0.29) is 19.0 Å². The van der Waals surface area contributed by atoms with Crippen LogP contribution in [0.1, 0.15) is 19.2 Å². The van der Waals surface area contributed by atoms with Crippen LogP contribution in [0.2, 0.25) is 5.02 Å². The number of hydrogen-bond acceptors (Lipinski definition) is 4. The van der Waals surface area contributed by atoms with Gasteiger partial charge in [-0.3, -0.25) is 4.90 Å². The molecule has 0 radical (unpaired) electrons. The van der Waals surface area contributed by atoms with Gasteiger partial charge in [0.05, 0.1) is 5.39 Å². The monoisotopic (exact) mass is 393 g/mol. The first-order valence-corrected chi connectivity index (χ1v) is 8.54. The van der Waals surface area contributed by atoms with Crippen molar-refractivity contribution in [3.63, 3.8) is 0 Å². The second kappa shape index (κ2) is 8.64. The zero-order chi connectivity index (χ0) is 18.0. The van der Waals surface area contributed by atoms with Gasteiger partial charge in [0.15, 0.2) is 5.52 Å². The molecule has 1 heterocycles. The third-order valence-corrected chi connectivity index (χ3v) is 4.45. The molecule has 3 aromatic rings. The Morgan fingerprint density at radius 3 is 2.58 bits per heavy atom. The molecule has 0 aliphatic heterocycles. The number of halogens is 2. The molecule has 2 aromatic carbocycles. The van der Waals surface area contributed by atoms with Gasteiger partial charge >= 0.3 is 5.82 Å². The number of aliphatic hydroxyl groups excluding tert-OH is 1. The van der Waals surface area contributed by atoms with Crippen LogP contribution in [0.3, 0.4) is 0 Å². The molecular weight excluding hydrogens is 373 g/mol. The number of nitrogens with zero attached hydrogens (tertiary/aromatic N) is 3. The fraction of sp³-hybridized carbons (Fsp3) is 0.263. The van der Waals surface area contributed by atoms with Gasteiger partial charge in [-0.05, 0) is 36.7 Å². The van der Waals surface area contributed by atoms with Crippen molar-refractivity contribution in [1.82, 2.24) is 9.88 Å². The van der Waals surface area contributed by atoms with E-state index < -0.39 is 6.23 Å². The second-order valence-electron chi connectivity index (χ2n) is 6.00. The molecule has 0 amide bonds. The Labute approximate surface area is 163 Å². The van der Waals surface area contributed by atoms with Crippen molar-refractivity contribution < 1.29 is 9.84 Å². The van der Waals surface area contributed by atoms with Crippen molar-refractivity contribution in [2.24, 2.45) is 0 Å². The smallest absolute Gasteiger partial charge is 0.316 e. The van der Waals surface area contributed by atoms with Crippen molar-refractivity contribution >= 4 is 34.9 Å². The molecule has 0 aliphatic carbocycles. The predicted octanol–water partition coefficient (Wildman–Crippen LogP) is 3.77. The van der Waals surface area contributed by atoms with Crippen LogP contribution in [-0.2, 0) is 6.54 Å². The van der Waals surface area contributed by atoms with Gasteiger partial charge < -0.3 is 10.3 Å². The third kappa shape index (κ3) is 4.07. The van der Waals surface area contributed by atoms with Gasteiger partial charge in [0.2, 0.25) is 0 Å². The van der Waals surface area contributed by atoms with Crippen molar-refractivity contribution in [3.05, 3.63) is 64.6 Å².